The SMILES string of the molecule is c1ccc(-c2cc(-c3ccccc3)cc(-c3cc(-c4cc(-c5ccccc5)cc(-c5ccccc5)c4)cc(-c4ccccc4-c4ccc(-c5ncnc(-c6ccccc6)n5)cc4-c4cc(-c5cc(-c6ccccc6)cc(-c6ccccc6)c5)cc(-c5cc(-c6ccccc6)cc(-c6ccccc6)c5)c4)c3)c2)cc1. The Hall–Kier alpha value is -14.3. The summed E-state index contributed by atoms with van der Waals surface area (Å²) in [5.74, 6) is 1.18. The molecular formula is C105H71N3. The third kappa shape index (κ3) is 14.1. The van der Waals surface area contributed by atoms with Crippen LogP contribution in [0.15, 0.2) is 431 Å². The Bertz CT molecular complexity index is 5710. The fourth-order valence-electron chi connectivity index (χ4n) is 15.1. The highest BCUT2D eigenvalue weighted by molar-refractivity contribution is 5.99. The minimum absolute atomic E-state index is 0.574. The van der Waals surface area contributed by atoms with Gasteiger partial charge in [0.2, 0.25) is 0 Å². The molecule has 0 aliphatic carbocycles. The van der Waals surface area contributed by atoms with Crippen LogP contribution in [0.25, 0.3) is 190 Å². The van der Waals surface area contributed by atoms with E-state index in [0.717, 1.165) is 178 Å². The zero-order valence-electron chi connectivity index (χ0n) is 59.3. The first-order valence-corrected chi connectivity index (χ1v) is 36.8. The predicted octanol–water partition coefficient (Wildman–Crippen LogP) is 28.2. The Morgan fingerprint density at radius 2 is 0.296 bits per heavy atom. The molecule has 0 spiro atoms. The molecule has 18 aromatic rings. The molecule has 1 heterocycles. The van der Waals surface area contributed by atoms with Crippen LogP contribution in [0.2, 0.25) is 0 Å². The van der Waals surface area contributed by atoms with Crippen molar-refractivity contribution in [3.05, 3.63) is 431 Å². The van der Waals surface area contributed by atoms with Gasteiger partial charge in [-0.25, -0.2) is 15.0 Å². The molecule has 0 saturated carbocycles. The molecule has 17 aromatic carbocycles. The number of benzene rings is 17. The summed E-state index contributed by atoms with van der Waals surface area (Å²) >= 11 is 0. The van der Waals surface area contributed by atoms with Crippen molar-refractivity contribution < 1.29 is 0 Å². The van der Waals surface area contributed by atoms with Crippen molar-refractivity contribution >= 4 is 0 Å². The average Bonchev–Trinajstić information content (AvgIpc) is 0.757. The van der Waals surface area contributed by atoms with Crippen LogP contribution in [0, 0.1) is 0 Å². The van der Waals surface area contributed by atoms with Crippen LogP contribution < -0.4 is 0 Å². The van der Waals surface area contributed by atoms with Gasteiger partial charge in [-0.05, 0) is 282 Å². The van der Waals surface area contributed by atoms with E-state index in [2.05, 4.69) is 394 Å². The summed E-state index contributed by atoms with van der Waals surface area (Å²) in [5.41, 5.74) is 35.0. The molecule has 3 heteroatoms. The Morgan fingerprint density at radius 3 is 0.556 bits per heavy atom. The van der Waals surface area contributed by atoms with Crippen molar-refractivity contribution in [2.75, 3.05) is 0 Å². The van der Waals surface area contributed by atoms with Crippen LogP contribution in [0.1, 0.15) is 0 Å². The van der Waals surface area contributed by atoms with Gasteiger partial charge in [0, 0.05) is 11.1 Å². The van der Waals surface area contributed by atoms with Crippen molar-refractivity contribution in [1.29, 1.82) is 0 Å². The van der Waals surface area contributed by atoms with E-state index in [4.69, 9.17) is 15.0 Å². The van der Waals surface area contributed by atoms with E-state index in [-0.39, 0.29) is 0 Å². The monoisotopic (exact) mass is 1370 g/mol. The van der Waals surface area contributed by atoms with E-state index in [9.17, 15) is 0 Å². The van der Waals surface area contributed by atoms with Crippen molar-refractivity contribution in [3.8, 4) is 190 Å². The number of hydrogen-bond donors (Lipinski definition) is 0. The van der Waals surface area contributed by atoms with E-state index in [0.29, 0.717) is 11.6 Å². The Labute approximate surface area is 631 Å². The average molecular weight is 1370 g/mol. The second kappa shape index (κ2) is 29.8. The first-order valence-electron chi connectivity index (χ1n) is 36.8. The molecule has 0 unspecified atom stereocenters. The summed E-state index contributed by atoms with van der Waals surface area (Å²) in [4.78, 5) is 15.0. The standard InChI is InChI=1S/C105H71N3/c1-10-30-72(31-11-1)82-52-83(73-32-12-2-13-33-73)57-90(56-82)94-64-95(91-58-84(74-34-14-3-15-35-74)53-85(59-91)75-36-16-4-17-37-75)67-98(66-94)100-48-28-29-49-101(100)102-51-50-81(105-107-71-106-104(108-105)80-46-26-9-27-47-80)70-103(102)99-68-96(92-60-86(76-38-18-5-19-39-76)54-87(61-92)77-40-20-6-21-41-77)65-97(69-99)93-62-88(78-42-22-7-23-43-78)55-89(63-93)79-44-24-8-25-45-79/h1-71H. The van der Waals surface area contributed by atoms with E-state index >= 15 is 0 Å². The zero-order chi connectivity index (χ0) is 72.0. The van der Waals surface area contributed by atoms with Gasteiger partial charge in [-0.15, -0.1) is 0 Å². The molecule has 0 aliphatic rings. The number of aromatic nitrogens is 3. The summed E-state index contributed by atoms with van der Waals surface area (Å²) in [6.45, 7) is 0. The van der Waals surface area contributed by atoms with Crippen molar-refractivity contribution in [2.45, 2.75) is 0 Å². The molecule has 108 heavy (non-hydrogen) atoms. The Morgan fingerprint density at radius 1 is 0.111 bits per heavy atom. The summed E-state index contributed by atoms with van der Waals surface area (Å²) in [6, 6.07) is 155. The lowest BCUT2D eigenvalue weighted by atomic mass is 9.84. The van der Waals surface area contributed by atoms with Gasteiger partial charge in [0.25, 0.3) is 0 Å². The van der Waals surface area contributed by atoms with E-state index in [1.165, 1.54) is 0 Å². The minimum Gasteiger partial charge on any atom is -0.217 e. The fraction of sp³-hybridized carbons (Fsp3) is 0. The minimum atomic E-state index is 0.574. The smallest absolute Gasteiger partial charge is 0.163 e. The van der Waals surface area contributed by atoms with Gasteiger partial charge in [0.15, 0.2) is 11.6 Å². The van der Waals surface area contributed by atoms with Gasteiger partial charge in [0.05, 0.1) is 0 Å². The number of nitrogens with zero attached hydrogens (tertiary/aromatic N) is 3. The Kier molecular flexibility index (Phi) is 18.2. The lowest BCUT2D eigenvalue weighted by Gasteiger charge is -2.20. The molecule has 0 radical (unpaired) electrons. The maximum Gasteiger partial charge on any atom is 0.163 e. The highest BCUT2D eigenvalue weighted by atomic mass is 15.0. The molecule has 506 valence electrons. The topological polar surface area (TPSA) is 38.7 Å². The maximum absolute atomic E-state index is 5.26. The third-order valence-corrected chi connectivity index (χ3v) is 20.5. The predicted molar refractivity (Wildman–Crippen MR) is 452 cm³/mol. The van der Waals surface area contributed by atoms with Crippen molar-refractivity contribution in [2.24, 2.45) is 0 Å². The zero-order valence-corrected chi connectivity index (χ0v) is 59.3. The first kappa shape index (κ1) is 65.8. The molecule has 0 N–H and O–H groups in total. The van der Waals surface area contributed by atoms with Gasteiger partial charge >= 0.3 is 0 Å². The first-order chi connectivity index (χ1) is 53.5. The molecule has 0 fully saturated rings. The quantitative estimate of drug-likeness (QED) is 0.0912. The van der Waals surface area contributed by atoms with E-state index < -0.39 is 0 Å². The lowest BCUT2D eigenvalue weighted by molar-refractivity contribution is 1.07. The summed E-state index contributed by atoms with van der Waals surface area (Å²) in [7, 11) is 0. The fourth-order valence-corrected chi connectivity index (χ4v) is 15.1. The molecule has 0 atom stereocenters. The van der Waals surface area contributed by atoms with Crippen molar-refractivity contribution in [3.63, 3.8) is 0 Å². The number of rotatable bonds is 17. The van der Waals surface area contributed by atoms with Gasteiger partial charge in [0.1, 0.15) is 6.33 Å². The second-order valence-electron chi connectivity index (χ2n) is 27.5. The Balaban J connectivity index is 0.906. The van der Waals surface area contributed by atoms with E-state index in [1.807, 2.05) is 30.3 Å². The summed E-state index contributed by atoms with van der Waals surface area (Å²) in [5, 5.41) is 0. The molecule has 18 rings (SSSR count). The van der Waals surface area contributed by atoms with Crippen LogP contribution >= 0.6 is 0 Å². The molecule has 1 aromatic heterocycles. The highest BCUT2D eigenvalue weighted by Gasteiger charge is 2.22. The van der Waals surface area contributed by atoms with Crippen LogP contribution in [0.4, 0.5) is 0 Å². The third-order valence-electron chi connectivity index (χ3n) is 20.5. The van der Waals surface area contributed by atoms with E-state index in [1.54, 1.807) is 6.33 Å². The molecule has 0 saturated heterocycles. The maximum atomic E-state index is 5.26. The molecule has 0 bridgehead atoms. The summed E-state index contributed by atoms with van der Waals surface area (Å²) in [6.07, 6.45) is 1.64. The summed E-state index contributed by atoms with van der Waals surface area (Å²) < 4.78 is 0. The van der Waals surface area contributed by atoms with Gasteiger partial charge in [-0.3, -0.25) is 0 Å². The molecule has 3 nitrogen and oxygen atoms in total. The van der Waals surface area contributed by atoms with Crippen LogP contribution in [-0.4, -0.2) is 15.0 Å². The second-order valence-corrected chi connectivity index (χ2v) is 27.5. The lowest BCUT2D eigenvalue weighted by Crippen LogP contribution is -1.97. The largest absolute Gasteiger partial charge is 0.217 e. The molecular weight excluding hydrogens is 1300 g/mol. The normalized spacial score (nSPS) is 11.1. The molecule has 0 aliphatic heterocycles. The van der Waals surface area contributed by atoms with Crippen molar-refractivity contribution in [1.82, 2.24) is 15.0 Å². The van der Waals surface area contributed by atoms with Crippen LogP contribution in [-0.2, 0) is 0 Å². The van der Waals surface area contributed by atoms with Crippen LogP contribution in [0.5, 0.6) is 0 Å². The van der Waals surface area contributed by atoms with Gasteiger partial charge in [-0.2, -0.15) is 0 Å². The van der Waals surface area contributed by atoms with Gasteiger partial charge < -0.3 is 0 Å². The van der Waals surface area contributed by atoms with Gasteiger partial charge in [-0.1, -0.05) is 309 Å². The van der Waals surface area contributed by atoms with Crippen LogP contribution in [0.3, 0.4) is 0 Å². The number of hydrogen-bond acceptors (Lipinski definition) is 3. The molecule has 0 amide bonds. The highest BCUT2D eigenvalue weighted by Crippen LogP contribution is 2.47.